The van der Waals surface area contributed by atoms with Crippen LogP contribution < -0.4 is 15.2 Å². The second kappa shape index (κ2) is 5.72. The van der Waals surface area contributed by atoms with Crippen LogP contribution in [0.1, 0.15) is 0 Å². The van der Waals surface area contributed by atoms with Gasteiger partial charge >= 0.3 is 0 Å². The van der Waals surface area contributed by atoms with Crippen molar-refractivity contribution in [1.82, 2.24) is 0 Å². The zero-order valence-electron chi connectivity index (χ0n) is 10.6. The SMILES string of the molecule is COc1ccc(N)cc1S(=O)(=O)Nc1ccccc1Br. The van der Waals surface area contributed by atoms with Gasteiger partial charge in [-0.3, -0.25) is 4.72 Å². The highest BCUT2D eigenvalue weighted by Gasteiger charge is 2.20. The molecule has 106 valence electrons. The molecule has 0 amide bonds. The van der Waals surface area contributed by atoms with Gasteiger partial charge in [0.05, 0.1) is 12.8 Å². The van der Waals surface area contributed by atoms with Crippen LogP contribution in [0.2, 0.25) is 0 Å². The molecule has 20 heavy (non-hydrogen) atoms. The number of sulfonamides is 1. The van der Waals surface area contributed by atoms with Gasteiger partial charge in [0.25, 0.3) is 10.0 Å². The van der Waals surface area contributed by atoms with Gasteiger partial charge in [0, 0.05) is 10.2 Å². The Morgan fingerprint density at radius 1 is 1.20 bits per heavy atom. The molecule has 0 aliphatic carbocycles. The Balaban J connectivity index is 2.46. The lowest BCUT2D eigenvalue weighted by Gasteiger charge is -2.13. The van der Waals surface area contributed by atoms with Crippen molar-refractivity contribution in [1.29, 1.82) is 0 Å². The molecule has 0 radical (unpaired) electrons. The minimum Gasteiger partial charge on any atom is -0.495 e. The normalized spacial score (nSPS) is 11.1. The number of nitrogen functional groups attached to an aromatic ring is 1. The molecule has 0 fully saturated rings. The number of benzene rings is 2. The van der Waals surface area contributed by atoms with Gasteiger partial charge in [-0.1, -0.05) is 12.1 Å². The number of hydrogen-bond acceptors (Lipinski definition) is 4. The molecule has 2 aromatic carbocycles. The van der Waals surface area contributed by atoms with E-state index in [1.807, 2.05) is 0 Å². The molecule has 0 unspecified atom stereocenters. The fourth-order valence-electron chi connectivity index (χ4n) is 1.65. The van der Waals surface area contributed by atoms with Gasteiger partial charge in [-0.2, -0.15) is 0 Å². The maximum Gasteiger partial charge on any atom is 0.265 e. The maximum absolute atomic E-state index is 12.4. The molecule has 2 rings (SSSR count). The largest absolute Gasteiger partial charge is 0.495 e. The van der Waals surface area contributed by atoms with E-state index in [9.17, 15) is 8.42 Å². The van der Waals surface area contributed by atoms with Crippen molar-refractivity contribution in [3.05, 3.63) is 46.9 Å². The Labute approximate surface area is 125 Å². The van der Waals surface area contributed by atoms with Crippen LogP contribution in [0.4, 0.5) is 11.4 Å². The summed E-state index contributed by atoms with van der Waals surface area (Å²) in [4.78, 5) is -0.00393. The second-order valence-electron chi connectivity index (χ2n) is 4.00. The summed E-state index contributed by atoms with van der Waals surface area (Å²) in [6.45, 7) is 0. The zero-order chi connectivity index (χ0) is 14.8. The first-order valence-electron chi connectivity index (χ1n) is 5.65. The predicted octanol–water partition coefficient (Wildman–Crippen LogP) is 2.84. The zero-order valence-corrected chi connectivity index (χ0v) is 13.0. The molecule has 0 aliphatic rings. The summed E-state index contributed by atoms with van der Waals surface area (Å²) in [7, 11) is -2.38. The minimum atomic E-state index is -3.79. The van der Waals surface area contributed by atoms with Crippen molar-refractivity contribution in [2.75, 3.05) is 17.6 Å². The summed E-state index contributed by atoms with van der Waals surface area (Å²) in [5, 5.41) is 0. The van der Waals surface area contributed by atoms with E-state index in [0.29, 0.717) is 15.8 Å². The van der Waals surface area contributed by atoms with Gasteiger partial charge in [0.1, 0.15) is 10.6 Å². The first-order chi connectivity index (χ1) is 9.44. The molecular formula is C13H13BrN2O3S. The standard InChI is InChI=1S/C13H13BrN2O3S/c1-19-12-7-6-9(15)8-13(12)20(17,18)16-11-5-3-2-4-10(11)14/h2-8,16H,15H2,1H3. The van der Waals surface area contributed by atoms with Crippen LogP contribution >= 0.6 is 15.9 Å². The summed E-state index contributed by atoms with van der Waals surface area (Å²) in [6.07, 6.45) is 0. The van der Waals surface area contributed by atoms with E-state index in [2.05, 4.69) is 20.7 Å². The molecule has 0 heterocycles. The lowest BCUT2D eigenvalue weighted by atomic mass is 10.3. The molecule has 7 heteroatoms. The van der Waals surface area contributed by atoms with E-state index in [-0.39, 0.29) is 10.6 Å². The van der Waals surface area contributed by atoms with Crippen LogP contribution in [-0.2, 0) is 10.0 Å². The van der Waals surface area contributed by atoms with Crippen LogP contribution in [0.5, 0.6) is 5.75 Å². The average Bonchev–Trinajstić information content (AvgIpc) is 2.41. The highest BCUT2D eigenvalue weighted by Crippen LogP contribution is 2.30. The number of para-hydroxylation sites is 1. The number of hydrogen-bond donors (Lipinski definition) is 2. The van der Waals surface area contributed by atoms with E-state index in [1.54, 1.807) is 30.3 Å². The predicted molar refractivity (Wildman–Crippen MR) is 82.4 cm³/mol. The smallest absolute Gasteiger partial charge is 0.265 e. The maximum atomic E-state index is 12.4. The second-order valence-corrected chi connectivity index (χ2v) is 6.50. The van der Waals surface area contributed by atoms with Gasteiger partial charge in [-0.15, -0.1) is 0 Å². The number of anilines is 2. The summed E-state index contributed by atoms with van der Waals surface area (Å²) in [6, 6.07) is 11.4. The van der Waals surface area contributed by atoms with Crippen molar-refractivity contribution >= 4 is 37.3 Å². The molecule has 0 saturated carbocycles. The third-order valence-electron chi connectivity index (χ3n) is 2.60. The number of halogens is 1. The molecule has 0 saturated heterocycles. The number of ether oxygens (including phenoxy) is 1. The van der Waals surface area contributed by atoms with Crippen molar-refractivity contribution < 1.29 is 13.2 Å². The van der Waals surface area contributed by atoms with Crippen LogP contribution in [0.3, 0.4) is 0 Å². The molecule has 5 nitrogen and oxygen atoms in total. The topological polar surface area (TPSA) is 81.4 Å². The van der Waals surface area contributed by atoms with E-state index in [1.165, 1.54) is 19.2 Å². The fraction of sp³-hybridized carbons (Fsp3) is 0.0769. The molecule has 0 aromatic heterocycles. The Morgan fingerprint density at radius 3 is 2.55 bits per heavy atom. The first kappa shape index (κ1) is 14.7. The van der Waals surface area contributed by atoms with E-state index >= 15 is 0 Å². The number of methoxy groups -OCH3 is 1. The van der Waals surface area contributed by atoms with Crippen LogP contribution in [0, 0.1) is 0 Å². The van der Waals surface area contributed by atoms with Crippen molar-refractivity contribution in [2.24, 2.45) is 0 Å². The number of nitrogens with one attached hydrogen (secondary N) is 1. The van der Waals surface area contributed by atoms with Crippen molar-refractivity contribution in [3.63, 3.8) is 0 Å². The summed E-state index contributed by atoms with van der Waals surface area (Å²) < 4.78 is 33.0. The molecule has 3 N–H and O–H groups in total. The Morgan fingerprint density at radius 2 is 1.90 bits per heavy atom. The van der Waals surface area contributed by atoms with E-state index < -0.39 is 10.0 Å². The van der Waals surface area contributed by atoms with Gasteiger partial charge in [0.15, 0.2) is 0 Å². The van der Waals surface area contributed by atoms with Gasteiger partial charge in [-0.25, -0.2) is 8.42 Å². The third-order valence-corrected chi connectivity index (χ3v) is 4.67. The molecule has 2 aromatic rings. The fourth-order valence-corrected chi connectivity index (χ4v) is 3.45. The lowest BCUT2D eigenvalue weighted by molar-refractivity contribution is 0.403. The molecule has 0 atom stereocenters. The first-order valence-corrected chi connectivity index (χ1v) is 7.92. The highest BCUT2D eigenvalue weighted by atomic mass is 79.9. The van der Waals surface area contributed by atoms with Gasteiger partial charge in [-0.05, 0) is 46.3 Å². The summed E-state index contributed by atoms with van der Waals surface area (Å²) in [5.41, 5.74) is 6.43. The van der Waals surface area contributed by atoms with Gasteiger partial charge in [0.2, 0.25) is 0 Å². The van der Waals surface area contributed by atoms with Crippen LogP contribution in [0.15, 0.2) is 51.8 Å². The highest BCUT2D eigenvalue weighted by molar-refractivity contribution is 9.10. The van der Waals surface area contributed by atoms with Crippen molar-refractivity contribution in [2.45, 2.75) is 4.90 Å². The Kier molecular flexibility index (Phi) is 4.20. The summed E-state index contributed by atoms with van der Waals surface area (Å²) in [5.74, 6) is 0.235. The third kappa shape index (κ3) is 3.05. The average molecular weight is 357 g/mol. The van der Waals surface area contributed by atoms with E-state index in [0.717, 1.165) is 0 Å². The Hall–Kier alpha value is -1.73. The number of rotatable bonds is 4. The minimum absolute atomic E-state index is 0.00393. The molecule has 0 aliphatic heterocycles. The quantitative estimate of drug-likeness (QED) is 0.825. The lowest BCUT2D eigenvalue weighted by Crippen LogP contribution is -2.14. The molecular weight excluding hydrogens is 344 g/mol. The summed E-state index contributed by atoms with van der Waals surface area (Å²) >= 11 is 3.29. The Bertz CT molecular complexity index is 732. The van der Waals surface area contributed by atoms with Gasteiger partial charge < -0.3 is 10.5 Å². The monoisotopic (exact) mass is 356 g/mol. The number of nitrogens with two attached hydrogens (primary N) is 1. The van der Waals surface area contributed by atoms with E-state index in [4.69, 9.17) is 10.5 Å². The molecule has 0 spiro atoms. The van der Waals surface area contributed by atoms with Crippen LogP contribution in [-0.4, -0.2) is 15.5 Å². The molecule has 0 bridgehead atoms. The van der Waals surface area contributed by atoms with Crippen molar-refractivity contribution in [3.8, 4) is 5.75 Å². The van der Waals surface area contributed by atoms with Crippen LogP contribution in [0.25, 0.3) is 0 Å².